The Morgan fingerprint density at radius 3 is 2.62 bits per heavy atom. The van der Waals surface area contributed by atoms with Crippen molar-refractivity contribution < 1.29 is 23.5 Å². The summed E-state index contributed by atoms with van der Waals surface area (Å²) in [6, 6.07) is 11.6. The molecule has 0 spiro atoms. The van der Waals surface area contributed by atoms with Gasteiger partial charge in [-0.1, -0.05) is 36.9 Å². The highest BCUT2D eigenvalue weighted by molar-refractivity contribution is 8.00. The lowest BCUT2D eigenvalue weighted by atomic mass is 10.1. The fourth-order valence-corrected chi connectivity index (χ4v) is 4.62. The highest BCUT2D eigenvalue weighted by Crippen LogP contribution is 2.31. The molecule has 4 aromatic rings. The minimum absolute atomic E-state index is 0.0970. The Hall–Kier alpha value is -3.86. The number of carbonyl (C=O) groups is 3. The van der Waals surface area contributed by atoms with Gasteiger partial charge in [0.05, 0.1) is 17.4 Å². The first-order valence-electron chi connectivity index (χ1n) is 10.7. The molecule has 3 N–H and O–H groups in total. The van der Waals surface area contributed by atoms with Crippen LogP contribution in [0.25, 0.3) is 16.6 Å². The van der Waals surface area contributed by atoms with Crippen LogP contribution in [-0.4, -0.2) is 44.2 Å². The van der Waals surface area contributed by atoms with Crippen LogP contribution in [0.1, 0.15) is 46.7 Å². The fraction of sp³-hybridized carbons (Fsp3) is 0.261. The van der Waals surface area contributed by atoms with E-state index in [0.29, 0.717) is 17.2 Å². The third-order valence-corrected chi connectivity index (χ3v) is 6.51. The average Bonchev–Trinajstić information content (AvgIpc) is 3.38. The molecule has 4 rings (SSSR count). The molecule has 10 nitrogen and oxygen atoms in total. The van der Waals surface area contributed by atoms with E-state index in [1.54, 1.807) is 6.92 Å². The van der Waals surface area contributed by atoms with Crippen LogP contribution in [0.5, 0.6) is 0 Å². The third-order valence-electron chi connectivity index (χ3n) is 5.21. The van der Waals surface area contributed by atoms with Crippen LogP contribution in [0.15, 0.2) is 46.0 Å². The van der Waals surface area contributed by atoms with Crippen molar-refractivity contribution in [2.24, 2.45) is 5.73 Å². The molecule has 0 fully saturated rings. The van der Waals surface area contributed by atoms with Gasteiger partial charge in [-0.05, 0) is 43.9 Å². The van der Waals surface area contributed by atoms with Gasteiger partial charge in [-0.3, -0.25) is 19.3 Å². The molecule has 0 aliphatic heterocycles. The van der Waals surface area contributed by atoms with Gasteiger partial charge >= 0.3 is 5.97 Å². The number of pyridine rings is 1. The summed E-state index contributed by atoms with van der Waals surface area (Å²) in [5.74, 6) is -2.16. The third kappa shape index (κ3) is 4.21. The number of fused-ring (bicyclic) bond motifs is 3. The van der Waals surface area contributed by atoms with E-state index in [-0.39, 0.29) is 29.4 Å². The van der Waals surface area contributed by atoms with E-state index in [1.165, 1.54) is 18.7 Å². The number of ether oxygens (including phenoxy) is 1. The highest BCUT2D eigenvalue weighted by Gasteiger charge is 2.31. The molecule has 34 heavy (non-hydrogen) atoms. The summed E-state index contributed by atoms with van der Waals surface area (Å²) in [5.41, 5.74) is 6.75. The molecular formula is C23H23N5O5S. The van der Waals surface area contributed by atoms with Gasteiger partial charge in [0.25, 0.3) is 5.91 Å². The Balaban J connectivity index is 1.64. The van der Waals surface area contributed by atoms with Crippen LogP contribution < -0.4 is 11.1 Å². The Kier molecular flexibility index (Phi) is 6.55. The Morgan fingerprint density at radius 1 is 1.15 bits per heavy atom. The number of hydrogen-bond donors (Lipinski definition) is 2. The van der Waals surface area contributed by atoms with Crippen LogP contribution in [0.2, 0.25) is 0 Å². The number of rotatable bonds is 8. The van der Waals surface area contributed by atoms with Gasteiger partial charge in [-0.25, -0.2) is 4.79 Å². The molecule has 176 valence electrons. The number of nitrogens with one attached hydrogen (secondary N) is 1. The summed E-state index contributed by atoms with van der Waals surface area (Å²) in [4.78, 5) is 37.5. The van der Waals surface area contributed by atoms with Crippen LogP contribution in [0.4, 0.5) is 5.88 Å². The topological polar surface area (TPSA) is 142 Å². The van der Waals surface area contributed by atoms with Crippen molar-refractivity contribution >= 4 is 52.0 Å². The molecule has 3 aromatic heterocycles. The molecule has 1 atom stereocenters. The number of primary amides is 1. The predicted molar refractivity (Wildman–Crippen MR) is 127 cm³/mol. The van der Waals surface area contributed by atoms with Gasteiger partial charge in [-0.15, -0.1) is 10.2 Å². The second-order valence-corrected chi connectivity index (χ2v) is 8.56. The molecule has 0 bridgehead atoms. The molecular weight excluding hydrogens is 458 g/mol. The summed E-state index contributed by atoms with van der Waals surface area (Å²) in [6.45, 7) is 5.10. The molecule has 1 aromatic carbocycles. The van der Waals surface area contributed by atoms with Crippen molar-refractivity contribution in [1.29, 1.82) is 0 Å². The molecule has 0 aliphatic rings. The maximum atomic E-state index is 13.1. The molecule has 0 aliphatic carbocycles. The van der Waals surface area contributed by atoms with Crippen molar-refractivity contribution in [3.05, 3.63) is 53.3 Å². The minimum Gasteiger partial charge on any atom is -0.462 e. The Labute approximate surface area is 198 Å². The van der Waals surface area contributed by atoms with Crippen molar-refractivity contribution in [3.8, 4) is 0 Å². The molecule has 2 amide bonds. The molecule has 1 unspecified atom stereocenters. The Bertz CT molecular complexity index is 1410. The first-order valence-corrected chi connectivity index (χ1v) is 11.5. The number of hydrogen-bond acceptors (Lipinski definition) is 8. The summed E-state index contributed by atoms with van der Waals surface area (Å²) in [5, 5.41) is 12.1. The average molecular weight is 482 g/mol. The number of amides is 2. The lowest BCUT2D eigenvalue weighted by Gasteiger charge is -2.13. The van der Waals surface area contributed by atoms with Crippen molar-refractivity contribution in [1.82, 2.24) is 14.6 Å². The van der Waals surface area contributed by atoms with Crippen LogP contribution in [0, 0.1) is 6.92 Å². The minimum atomic E-state index is -0.911. The maximum absolute atomic E-state index is 13.1. The summed E-state index contributed by atoms with van der Waals surface area (Å²) in [6.07, 6.45) is 0.451. The standard InChI is InChI=1S/C23H23N5O5S/c1-4-15(34-23-27-26-16-11-10-13-8-6-7-9-14(13)28(16)23)20(30)25-21-18(19(24)29)17(12(3)33-21)22(31)32-5-2/h6-11,15H,4-5H2,1-3H3,(H2,24,29)(H,25,30). The predicted octanol–water partition coefficient (Wildman–Crippen LogP) is 3.57. The SMILES string of the molecule is CCOC(=O)c1c(C)oc(NC(=O)C(CC)Sc2nnc3ccc4ccccc4n23)c1C(N)=O. The van der Waals surface area contributed by atoms with E-state index in [9.17, 15) is 14.4 Å². The van der Waals surface area contributed by atoms with E-state index >= 15 is 0 Å². The number of furan rings is 1. The van der Waals surface area contributed by atoms with E-state index in [1.807, 2.05) is 47.7 Å². The number of aryl methyl sites for hydroxylation is 1. The molecule has 11 heteroatoms. The number of para-hydroxylation sites is 1. The van der Waals surface area contributed by atoms with Gasteiger partial charge in [0.2, 0.25) is 11.8 Å². The molecule has 0 saturated carbocycles. The normalized spacial score (nSPS) is 12.1. The largest absolute Gasteiger partial charge is 0.462 e. The first-order chi connectivity index (χ1) is 16.3. The monoisotopic (exact) mass is 481 g/mol. The molecule has 0 radical (unpaired) electrons. The quantitative estimate of drug-likeness (QED) is 0.287. The maximum Gasteiger partial charge on any atom is 0.342 e. The number of nitrogens with zero attached hydrogens (tertiary/aromatic N) is 3. The Morgan fingerprint density at radius 2 is 1.91 bits per heavy atom. The van der Waals surface area contributed by atoms with Gasteiger partial charge in [0.15, 0.2) is 10.8 Å². The van der Waals surface area contributed by atoms with Crippen molar-refractivity contribution in [2.75, 3.05) is 11.9 Å². The number of benzene rings is 1. The van der Waals surface area contributed by atoms with E-state index in [4.69, 9.17) is 14.9 Å². The van der Waals surface area contributed by atoms with Gasteiger partial charge in [0, 0.05) is 0 Å². The number of aromatic nitrogens is 3. The van der Waals surface area contributed by atoms with Crippen LogP contribution in [0.3, 0.4) is 0 Å². The summed E-state index contributed by atoms with van der Waals surface area (Å²) in [7, 11) is 0. The van der Waals surface area contributed by atoms with Gasteiger partial charge in [-0.2, -0.15) is 0 Å². The highest BCUT2D eigenvalue weighted by atomic mass is 32.2. The number of esters is 1. The molecule has 3 heterocycles. The van der Waals surface area contributed by atoms with E-state index < -0.39 is 23.0 Å². The summed E-state index contributed by atoms with van der Waals surface area (Å²) < 4.78 is 12.4. The number of anilines is 1. The number of thioether (sulfide) groups is 1. The van der Waals surface area contributed by atoms with E-state index in [0.717, 1.165) is 10.9 Å². The lowest BCUT2D eigenvalue weighted by Crippen LogP contribution is -2.26. The zero-order chi connectivity index (χ0) is 24.4. The van der Waals surface area contributed by atoms with Crippen molar-refractivity contribution in [2.45, 2.75) is 37.6 Å². The second-order valence-electron chi connectivity index (χ2n) is 7.39. The smallest absolute Gasteiger partial charge is 0.342 e. The zero-order valence-electron chi connectivity index (χ0n) is 18.8. The van der Waals surface area contributed by atoms with Gasteiger partial charge < -0.3 is 14.9 Å². The zero-order valence-corrected chi connectivity index (χ0v) is 19.6. The van der Waals surface area contributed by atoms with Crippen molar-refractivity contribution in [3.63, 3.8) is 0 Å². The fourth-order valence-electron chi connectivity index (χ4n) is 3.65. The van der Waals surface area contributed by atoms with Crippen LogP contribution in [-0.2, 0) is 9.53 Å². The number of nitrogens with two attached hydrogens (primary N) is 1. The van der Waals surface area contributed by atoms with E-state index in [2.05, 4.69) is 15.5 Å². The first kappa shape index (κ1) is 23.3. The summed E-state index contributed by atoms with van der Waals surface area (Å²) >= 11 is 1.23. The molecule has 0 saturated heterocycles. The lowest BCUT2D eigenvalue weighted by molar-refractivity contribution is -0.115. The van der Waals surface area contributed by atoms with Crippen LogP contribution >= 0.6 is 11.8 Å². The number of carbonyl (C=O) groups excluding carboxylic acids is 3. The second kappa shape index (κ2) is 9.56. The van der Waals surface area contributed by atoms with Gasteiger partial charge in [0.1, 0.15) is 16.9 Å².